The van der Waals surface area contributed by atoms with Gasteiger partial charge in [0.05, 0.1) is 10.6 Å². The Kier molecular flexibility index (Phi) is 4.32. The van der Waals surface area contributed by atoms with Crippen LogP contribution in [0.25, 0.3) is 0 Å². The maximum absolute atomic E-state index is 12.0. The molecule has 0 saturated carbocycles. The van der Waals surface area contributed by atoms with Gasteiger partial charge in [0.2, 0.25) is 0 Å². The fourth-order valence-electron chi connectivity index (χ4n) is 2.18. The average Bonchev–Trinajstić information content (AvgIpc) is 3.17. The van der Waals surface area contributed by atoms with E-state index in [9.17, 15) is 4.79 Å². The summed E-state index contributed by atoms with van der Waals surface area (Å²) in [6, 6.07) is 5.75. The number of aromatic nitrogens is 2. The molecule has 104 valence electrons. The van der Waals surface area contributed by atoms with Gasteiger partial charge < -0.3 is 4.90 Å². The molecule has 0 N–H and O–H groups in total. The Balaban J connectivity index is 1.62. The van der Waals surface area contributed by atoms with E-state index in [1.54, 1.807) is 6.33 Å². The molecule has 4 nitrogen and oxygen atoms in total. The predicted octanol–water partition coefficient (Wildman–Crippen LogP) is 3.11. The number of thiophene rings is 1. The highest BCUT2D eigenvalue weighted by Crippen LogP contribution is 2.23. The van der Waals surface area contributed by atoms with Crippen molar-refractivity contribution < 1.29 is 4.79 Å². The number of hydrogen-bond acceptors (Lipinski definition) is 6. The SMILES string of the molecule is O=C(CSc1cc(N2CCCC2)ncn1)c1cccs1. The summed E-state index contributed by atoms with van der Waals surface area (Å²) in [5, 5.41) is 2.79. The van der Waals surface area contributed by atoms with Crippen LogP contribution in [0.5, 0.6) is 0 Å². The van der Waals surface area contributed by atoms with E-state index in [1.807, 2.05) is 23.6 Å². The van der Waals surface area contributed by atoms with Crippen LogP contribution >= 0.6 is 23.1 Å². The molecular formula is C14H15N3OS2. The Bertz CT molecular complexity index is 580. The fourth-order valence-corrected chi connectivity index (χ4v) is 3.68. The minimum Gasteiger partial charge on any atom is -0.356 e. The summed E-state index contributed by atoms with van der Waals surface area (Å²) in [5.41, 5.74) is 0. The number of ketones is 1. The molecule has 3 heterocycles. The number of carbonyl (C=O) groups excluding carboxylic acids is 1. The van der Waals surface area contributed by atoms with Crippen LogP contribution in [0.2, 0.25) is 0 Å². The van der Waals surface area contributed by atoms with Crippen molar-refractivity contribution in [2.24, 2.45) is 0 Å². The lowest BCUT2D eigenvalue weighted by molar-refractivity contribution is 0.102. The number of Topliss-reactive ketones (excluding diaryl/α,β-unsaturated/α-hetero) is 1. The second-order valence-corrected chi connectivity index (χ2v) is 6.54. The Morgan fingerprint density at radius 2 is 2.20 bits per heavy atom. The Labute approximate surface area is 126 Å². The van der Waals surface area contributed by atoms with Crippen LogP contribution in [0.3, 0.4) is 0 Å². The van der Waals surface area contributed by atoms with Gasteiger partial charge in [0.1, 0.15) is 17.2 Å². The van der Waals surface area contributed by atoms with Crippen LogP contribution in [0.15, 0.2) is 34.9 Å². The molecule has 2 aromatic rings. The number of thioether (sulfide) groups is 1. The van der Waals surface area contributed by atoms with Crippen molar-refractivity contribution in [3.8, 4) is 0 Å². The van der Waals surface area contributed by atoms with E-state index >= 15 is 0 Å². The summed E-state index contributed by atoms with van der Waals surface area (Å²) in [6.07, 6.45) is 4.04. The quantitative estimate of drug-likeness (QED) is 0.482. The molecule has 6 heteroatoms. The topological polar surface area (TPSA) is 46.1 Å². The van der Waals surface area contributed by atoms with Gasteiger partial charge in [-0.2, -0.15) is 0 Å². The molecule has 0 bridgehead atoms. The first-order valence-electron chi connectivity index (χ1n) is 6.59. The summed E-state index contributed by atoms with van der Waals surface area (Å²) in [4.78, 5) is 23.6. The van der Waals surface area contributed by atoms with Crippen LogP contribution < -0.4 is 4.90 Å². The fraction of sp³-hybridized carbons (Fsp3) is 0.357. The Hall–Kier alpha value is -1.40. The lowest BCUT2D eigenvalue weighted by Crippen LogP contribution is -2.19. The van der Waals surface area contributed by atoms with Gasteiger partial charge in [-0.1, -0.05) is 17.8 Å². The summed E-state index contributed by atoms with van der Waals surface area (Å²) >= 11 is 2.96. The third-order valence-corrected chi connectivity index (χ3v) is 5.04. The molecule has 0 amide bonds. The third-order valence-electron chi connectivity index (χ3n) is 3.20. The van der Waals surface area contributed by atoms with Crippen molar-refractivity contribution in [2.45, 2.75) is 17.9 Å². The first-order valence-corrected chi connectivity index (χ1v) is 8.46. The molecule has 1 saturated heterocycles. The van der Waals surface area contributed by atoms with E-state index in [0.29, 0.717) is 5.75 Å². The van der Waals surface area contributed by atoms with E-state index in [0.717, 1.165) is 28.8 Å². The maximum Gasteiger partial charge on any atom is 0.183 e. The van der Waals surface area contributed by atoms with E-state index in [2.05, 4.69) is 14.9 Å². The average molecular weight is 305 g/mol. The number of carbonyl (C=O) groups is 1. The molecule has 1 aliphatic heterocycles. The largest absolute Gasteiger partial charge is 0.356 e. The number of nitrogens with zero attached hydrogens (tertiary/aromatic N) is 3. The smallest absolute Gasteiger partial charge is 0.183 e. The molecule has 0 unspecified atom stereocenters. The van der Waals surface area contributed by atoms with E-state index in [1.165, 1.54) is 35.9 Å². The molecule has 0 radical (unpaired) electrons. The van der Waals surface area contributed by atoms with Crippen LogP contribution in [0, 0.1) is 0 Å². The molecule has 20 heavy (non-hydrogen) atoms. The molecular weight excluding hydrogens is 290 g/mol. The van der Waals surface area contributed by atoms with Gasteiger partial charge in [0.15, 0.2) is 5.78 Å². The zero-order valence-electron chi connectivity index (χ0n) is 11.0. The van der Waals surface area contributed by atoms with Crippen molar-refractivity contribution in [3.05, 3.63) is 34.8 Å². The zero-order chi connectivity index (χ0) is 13.8. The van der Waals surface area contributed by atoms with Crippen molar-refractivity contribution in [3.63, 3.8) is 0 Å². The monoisotopic (exact) mass is 305 g/mol. The molecule has 0 spiro atoms. The highest BCUT2D eigenvalue weighted by atomic mass is 32.2. The van der Waals surface area contributed by atoms with Gasteiger partial charge >= 0.3 is 0 Å². The molecule has 0 atom stereocenters. The van der Waals surface area contributed by atoms with E-state index < -0.39 is 0 Å². The van der Waals surface area contributed by atoms with Gasteiger partial charge in [-0.05, 0) is 24.3 Å². The predicted molar refractivity (Wildman–Crippen MR) is 82.9 cm³/mol. The highest BCUT2D eigenvalue weighted by Gasteiger charge is 2.14. The van der Waals surface area contributed by atoms with Gasteiger partial charge in [0.25, 0.3) is 0 Å². The van der Waals surface area contributed by atoms with Gasteiger partial charge in [-0.3, -0.25) is 4.79 Å². The molecule has 1 aliphatic rings. The summed E-state index contributed by atoms with van der Waals surface area (Å²) < 4.78 is 0. The number of anilines is 1. The standard InChI is InChI=1S/C14H15N3OS2/c18-11(12-4-3-7-19-12)9-20-14-8-13(15-10-16-14)17-5-1-2-6-17/h3-4,7-8,10H,1-2,5-6,9H2. The molecule has 3 rings (SSSR count). The van der Waals surface area contributed by atoms with Gasteiger partial charge in [-0.25, -0.2) is 9.97 Å². The lowest BCUT2D eigenvalue weighted by atomic mass is 10.4. The first-order chi connectivity index (χ1) is 9.83. The second kappa shape index (κ2) is 6.37. The van der Waals surface area contributed by atoms with Gasteiger partial charge in [0, 0.05) is 19.2 Å². The van der Waals surface area contributed by atoms with Gasteiger partial charge in [-0.15, -0.1) is 11.3 Å². The minimum atomic E-state index is 0.159. The van der Waals surface area contributed by atoms with E-state index in [-0.39, 0.29) is 5.78 Å². The van der Waals surface area contributed by atoms with Crippen molar-refractivity contribution in [1.82, 2.24) is 9.97 Å². The van der Waals surface area contributed by atoms with Crippen molar-refractivity contribution in [1.29, 1.82) is 0 Å². The number of hydrogen-bond donors (Lipinski definition) is 0. The Morgan fingerprint density at radius 1 is 1.35 bits per heavy atom. The van der Waals surface area contributed by atoms with Crippen LogP contribution in [0.4, 0.5) is 5.82 Å². The zero-order valence-corrected chi connectivity index (χ0v) is 12.6. The molecule has 0 aliphatic carbocycles. The summed E-state index contributed by atoms with van der Waals surface area (Å²) in [5.74, 6) is 1.56. The van der Waals surface area contributed by atoms with Crippen molar-refractivity contribution >= 4 is 34.7 Å². The molecule has 1 fully saturated rings. The lowest BCUT2D eigenvalue weighted by Gasteiger charge is -2.16. The Morgan fingerprint density at radius 3 is 2.95 bits per heavy atom. The van der Waals surface area contributed by atoms with Crippen LogP contribution in [-0.2, 0) is 0 Å². The minimum absolute atomic E-state index is 0.159. The highest BCUT2D eigenvalue weighted by molar-refractivity contribution is 8.00. The number of rotatable bonds is 5. The molecule has 0 aromatic carbocycles. The van der Waals surface area contributed by atoms with Crippen LogP contribution in [-0.4, -0.2) is 34.6 Å². The van der Waals surface area contributed by atoms with E-state index in [4.69, 9.17) is 0 Å². The third kappa shape index (κ3) is 3.19. The normalized spacial score (nSPS) is 14.7. The van der Waals surface area contributed by atoms with Crippen molar-refractivity contribution in [2.75, 3.05) is 23.7 Å². The summed E-state index contributed by atoms with van der Waals surface area (Å²) in [6.45, 7) is 2.13. The van der Waals surface area contributed by atoms with Crippen LogP contribution in [0.1, 0.15) is 22.5 Å². The molecule has 2 aromatic heterocycles. The first kappa shape index (κ1) is 13.6. The maximum atomic E-state index is 12.0. The summed E-state index contributed by atoms with van der Waals surface area (Å²) in [7, 11) is 0. The second-order valence-electron chi connectivity index (χ2n) is 4.60.